The van der Waals surface area contributed by atoms with E-state index in [2.05, 4.69) is 10.3 Å². The maximum Gasteiger partial charge on any atom is 0.254 e. The van der Waals surface area contributed by atoms with Gasteiger partial charge in [0.15, 0.2) is 0 Å². The van der Waals surface area contributed by atoms with Crippen LogP contribution in [0.2, 0.25) is 0 Å². The third kappa shape index (κ3) is 5.08. The lowest BCUT2D eigenvalue weighted by Gasteiger charge is -2.22. The van der Waals surface area contributed by atoms with Crippen molar-refractivity contribution in [2.45, 2.75) is 12.5 Å². The molecule has 0 aliphatic heterocycles. The zero-order valence-electron chi connectivity index (χ0n) is 11.8. The first-order valence-electron chi connectivity index (χ1n) is 5.98. The number of nitrogens with one attached hydrogen (secondary N) is 1. The molecule has 0 saturated heterocycles. The average molecular weight is 283 g/mol. The maximum atomic E-state index is 11.7. The molecule has 1 unspecified atom stereocenters. The maximum absolute atomic E-state index is 11.7. The molecule has 6 heteroatoms. The number of anilines is 1. The Bertz CT molecular complexity index is 418. The highest BCUT2D eigenvalue weighted by atomic mass is 32.2. The molecular formula is C13H21N3O2S. The first kappa shape index (κ1) is 15.8. The number of nitrogens with zero attached hydrogens (tertiary/aromatic N) is 2. The third-order valence-corrected chi connectivity index (χ3v) is 3.43. The van der Waals surface area contributed by atoms with Crippen molar-refractivity contribution < 1.29 is 9.90 Å². The summed E-state index contributed by atoms with van der Waals surface area (Å²) in [5, 5.41) is 13.1. The summed E-state index contributed by atoms with van der Waals surface area (Å²) in [5.41, 5.74) is -0.231. The van der Waals surface area contributed by atoms with Gasteiger partial charge in [0, 0.05) is 32.6 Å². The smallest absolute Gasteiger partial charge is 0.254 e. The zero-order valence-corrected chi connectivity index (χ0v) is 12.6. The fraction of sp³-hybridized carbons (Fsp3) is 0.538. The minimum absolute atomic E-state index is 0.0755. The third-order valence-electron chi connectivity index (χ3n) is 2.52. The molecule has 0 saturated carbocycles. The van der Waals surface area contributed by atoms with E-state index in [1.807, 2.05) is 6.26 Å². The van der Waals surface area contributed by atoms with Crippen molar-refractivity contribution in [2.75, 3.05) is 38.0 Å². The van der Waals surface area contributed by atoms with Crippen LogP contribution in [0.15, 0.2) is 18.3 Å². The zero-order chi connectivity index (χ0) is 14.5. The van der Waals surface area contributed by atoms with E-state index in [0.29, 0.717) is 23.7 Å². The predicted molar refractivity (Wildman–Crippen MR) is 79.8 cm³/mol. The molecule has 2 N–H and O–H groups in total. The topological polar surface area (TPSA) is 65.5 Å². The molecule has 1 amide bonds. The van der Waals surface area contributed by atoms with Gasteiger partial charge in [-0.3, -0.25) is 4.79 Å². The van der Waals surface area contributed by atoms with E-state index in [1.54, 1.807) is 44.9 Å². The van der Waals surface area contributed by atoms with E-state index in [4.69, 9.17) is 0 Å². The molecule has 1 rings (SSSR count). The van der Waals surface area contributed by atoms with Gasteiger partial charge in [0.2, 0.25) is 0 Å². The SMILES string of the molecule is CSCC(C)(O)CNc1ccc(C(=O)N(C)C)cn1. The Morgan fingerprint density at radius 1 is 1.53 bits per heavy atom. The normalized spacial score (nSPS) is 13.7. The minimum Gasteiger partial charge on any atom is -0.387 e. The Kier molecular flexibility index (Phi) is 5.62. The van der Waals surface area contributed by atoms with Gasteiger partial charge in [-0.05, 0) is 25.3 Å². The van der Waals surface area contributed by atoms with Gasteiger partial charge in [-0.25, -0.2) is 4.98 Å². The van der Waals surface area contributed by atoms with Crippen molar-refractivity contribution >= 4 is 23.5 Å². The summed E-state index contributed by atoms with van der Waals surface area (Å²) in [6, 6.07) is 3.47. The highest BCUT2D eigenvalue weighted by Gasteiger charge is 2.19. The van der Waals surface area contributed by atoms with Gasteiger partial charge in [-0.1, -0.05) is 0 Å². The van der Waals surface area contributed by atoms with E-state index in [1.165, 1.54) is 11.1 Å². The van der Waals surface area contributed by atoms with Crippen molar-refractivity contribution in [3.8, 4) is 0 Å². The minimum atomic E-state index is -0.779. The Morgan fingerprint density at radius 2 is 2.21 bits per heavy atom. The molecule has 1 heterocycles. The Morgan fingerprint density at radius 3 is 2.68 bits per heavy atom. The Hall–Kier alpha value is -1.27. The highest BCUT2D eigenvalue weighted by molar-refractivity contribution is 7.98. The van der Waals surface area contributed by atoms with E-state index in [-0.39, 0.29) is 5.91 Å². The van der Waals surface area contributed by atoms with Crippen LogP contribution in [0.5, 0.6) is 0 Å². The molecule has 1 aromatic rings. The van der Waals surface area contributed by atoms with Gasteiger partial charge in [0.1, 0.15) is 5.82 Å². The molecule has 0 radical (unpaired) electrons. The Balaban J connectivity index is 2.60. The molecule has 0 aromatic carbocycles. The van der Waals surface area contributed by atoms with Crippen LogP contribution in [0.3, 0.4) is 0 Å². The van der Waals surface area contributed by atoms with E-state index in [9.17, 15) is 9.90 Å². The van der Waals surface area contributed by atoms with Crippen LogP contribution in [-0.4, -0.2) is 59.1 Å². The molecule has 19 heavy (non-hydrogen) atoms. The fourth-order valence-electron chi connectivity index (χ4n) is 1.53. The summed E-state index contributed by atoms with van der Waals surface area (Å²) < 4.78 is 0. The van der Waals surface area contributed by atoms with Crippen LogP contribution in [0.25, 0.3) is 0 Å². The molecule has 1 aromatic heterocycles. The molecule has 106 valence electrons. The number of hydrogen-bond acceptors (Lipinski definition) is 5. The standard InChI is InChI=1S/C13H21N3O2S/c1-13(18,9-19-4)8-15-11-6-5-10(7-14-11)12(17)16(2)3/h5-7,18H,8-9H2,1-4H3,(H,14,15). The van der Waals surface area contributed by atoms with Crippen LogP contribution in [-0.2, 0) is 0 Å². The van der Waals surface area contributed by atoms with Crippen LogP contribution in [0, 0.1) is 0 Å². The second-order valence-electron chi connectivity index (χ2n) is 4.92. The molecule has 0 bridgehead atoms. The number of amides is 1. The molecule has 5 nitrogen and oxygen atoms in total. The van der Waals surface area contributed by atoms with Crippen molar-refractivity contribution in [3.05, 3.63) is 23.9 Å². The molecule has 0 fully saturated rings. The van der Waals surface area contributed by atoms with Gasteiger partial charge in [-0.2, -0.15) is 11.8 Å². The second-order valence-corrected chi connectivity index (χ2v) is 5.78. The van der Waals surface area contributed by atoms with Crippen LogP contribution >= 0.6 is 11.8 Å². The number of carbonyl (C=O) groups is 1. The van der Waals surface area contributed by atoms with Crippen molar-refractivity contribution in [2.24, 2.45) is 0 Å². The van der Waals surface area contributed by atoms with Gasteiger partial charge in [-0.15, -0.1) is 0 Å². The molecular weight excluding hydrogens is 262 g/mol. The van der Waals surface area contributed by atoms with E-state index in [0.717, 1.165) is 0 Å². The number of rotatable bonds is 6. The number of thioether (sulfide) groups is 1. The van der Waals surface area contributed by atoms with Crippen molar-refractivity contribution in [3.63, 3.8) is 0 Å². The second kappa shape index (κ2) is 6.77. The molecule has 0 aliphatic carbocycles. The van der Waals surface area contributed by atoms with Crippen LogP contribution < -0.4 is 5.32 Å². The fourth-order valence-corrected chi connectivity index (χ4v) is 2.25. The quantitative estimate of drug-likeness (QED) is 0.824. The number of aliphatic hydroxyl groups is 1. The van der Waals surface area contributed by atoms with Gasteiger partial charge in [0.25, 0.3) is 5.91 Å². The lowest BCUT2D eigenvalue weighted by molar-refractivity contribution is 0.0827. The van der Waals surface area contributed by atoms with Crippen molar-refractivity contribution in [1.29, 1.82) is 0 Å². The first-order chi connectivity index (χ1) is 8.85. The summed E-state index contributed by atoms with van der Waals surface area (Å²) in [7, 11) is 3.40. The van der Waals surface area contributed by atoms with Gasteiger partial charge >= 0.3 is 0 Å². The number of carbonyl (C=O) groups excluding carboxylic acids is 1. The number of aromatic nitrogens is 1. The van der Waals surface area contributed by atoms with Crippen molar-refractivity contribution in [1.82, 2.24) is 9.88 Å². The lowest BCUT2D eigenvalue weighted by Crippen LogP contribution is -2.36. The molecule has 0 aliphatic rings. The highest BCUT2D eigenvalue weighted by Crippen LogP contribution is 2.12. The lowest BCUT2D eigenvalue weighted by atomic mass is 10.1. The molecule has 0 spiro atoms. The largest absolute Gasteiger partial charge is 0.387 e. The Labute approximate surface area is 118 Å². The summed E-state index contributed by atoms with van der Waals surface area (Å²) in [6.45, 7) is 2.20. The average Bonchev–Trinajstić information content (AvgIpc) is 2.36. The molecule has 1 atom stereocenters. The summed E-state index contributed by atoms with van der Waals surface area (Å²) >= 11 is 1.59. The monoisotopic (exact) mass is 283 g/mol. The number of pyridine rings is 1. The first-order valence-corrected chi connectivity index (χ1v) is 7.38. The van der Waals surface area contributed by atoms with E-state index < -0.39 is 5.60 Å². The van der Waals surface area contributed by atoms with Gasteiger partial charge < -0.3 is 15.3 Å². The van der Waals surface area contributed by atoms with Crippen LogP contribution in [0.1, 0.15) is 17.3 Å². The predicted octanol–water partition coefficient (Wildman–Crippen LogP) is 1.31. The summed E-state index contributed by atoms with van der Waals surface area (Å²) in [5.74, 6) is 1.22. The summed E-state index contributed by atoms with van der Waals surface area (Å²) in [6.07, 6.45) is 3.49. The van der Waals surface area contributed by atoms with E-state index >= 15 is 0 Å². The summed E-state index contributed by atoms with van der Waals surface area (Å²) in [4.78, 5) is 17.4. The van der Waals surface area contributed by atoms with Gasteiger partial charge in [0.05, 0.1) is 11.2 Å². The number of hydrogen-bond donors (Lipinski definition) is 2. The van der Waals surface area contributed by atoms with Crippen LogP contribution in [0.4, 0.5) is 5.82 Å².